The van der Waals surface area contributed by atoms with Crippen molar-refractivity contribution in [1.29, 1.82) is 0 Å². The zero-order valence-electron chi connectivity index (χ0n) is 16.9. The molecule has 0 aliphatic carbocycles. The maximum atomic E-state index is 13.2. The van der Waals surface area contributed by atoms with Crippen molar-refractivity contribution < 1.29 is 19.1 Å². The van der Waals surface area contributed by atoms with E-state index in [1.807, 2.05) is 50.2 Å². The minimum absolute atomic E-state index is 0.110. The lowest BCUT2D eigenvalue weighted by atomic mass is 9.99. The van der Waals surface area contributed by atoms with E-state index in [4.69, 9.17) is 16.3 Å². The molecule has 6 nitrogen and oxygen atoms in total. The average Bonchev–Trinajstić information content (AvgIpc) is 2.73. The zero-order chi connectivity index (χ0) is 22.1. The van der Waals surface area contributed by atoms with Gasteiger partial charge in [0, 0.05) is 10.6 Å². The number of halogens is 1. The lowest BCUT2D eigenvalue weighted by Gasteiger charge is -2.26. The third kappa shape index (κ3) is 4.02. The van der Waals surface area contributed by atoms with Gasteiger partial charge in [-0.3, -0.25) is 14.9 Å². The highest BCUT2D eigenvalue weighted by Crippen LogP contribution is 2.32. The Morgan fingerprint density at radius 3 is 2.39 bits per heavy atom. The van der Waals surface area contributed by atoms with E-state index in [0.29, 0.717) is 22.0 Å². The number of hydrogen-bond donors (Lipinski definition) is 1. The molecule has 0 aromatic heterocycles. The highest BCUT2D eigenvalue weighted by Gasteiger charge is 2.37. The van der Waals surface area contributed by atoms with Crippen molar-refractivity contribution in [3.8, 4) is 5.75 Å². The first-order valence-electron chi connectivity index (χ1n) is 9.70. The molecule has 4 rings (SSSR count). The summed E-state index contributed by atoms with van der Waals surface area (Å²) in [4.78, 5) is 39.1. The number of amides is 4. The molecule has 1 fully saturated rings. The molecule has 1 heterocycles. The summed E-state index contributed by atoms with van der Waals surface area (Å²) in [6.45, 7) is 3.79. The molecule has 1 saturated heterocycles. The van der Waals surface area contributed by atoms with Crippen LogP contribution < -0.4 is 15.0 Å². The van der Waals surface area contributed by atoms with Crippen molar-refractivity contribution in [3.63, 3.8) is 0 Å². The molecule has 1 aliphatic rings. The van der Waals surface area contributed by atoms with E-state index < -0.39 is 17.8 Å². The molecule has 0 unspecified atom stereocenters. The van der Waals surface area contributed by atoms with Gasteiger partial charge in [-0.1, -0.05) is 41.9 Å². The lowest BCUT2D eigenvalue weighted by molar-refractivity contribution is -0.122. The van der Waals surface area contributed by atoms with E-state index in [-0.39, 0.29) is 11.7 Å². The van der Waals surface area contributed by atoms with Crippen molar-refractivity contribution in [3.05, 3.63) is 76.8 Å². The summed E-state index contributed by atoms with van der Waals surface area (Å²) >= 11 is 5.91. The summed E-state index contributed by atoms with van der Waals surface area (Å²) in [5.41, 5.74) is 0.733. The van der Waals surface area contributed by atoms with Crippen molar-refractivity contribution >= 4 is 52.0 Å². The third-order valence-corrected chi connectivity index (χ3v) is 5.02. The van der Waals surface area contributed by atoms with E-state index in [1.165, 1.54) is 6.08 Å². The van der Waals surface area contributed by atoms with Crippen molar-refractivity contribution in [2.75, 3.05) is 4.90 Å². The molecule has 1 N–H and O–H groups in total. The first kappa shape index (κ1) is 20.6. The Morgan fingerprint density at radius 1 is 0.968 bits per heavy atom. The number of nitrogens with one attached hydrogen (secondary N) is 1. The minimum Gasteiger partial charge on any atom is -0.490 e. The number of urea groups is 1. The van der Waals surface area contributed by atoms with E-state index in [9.17, 15) is 14.4 Å². The fourth-order valence-corrected chi connectivity index (χ4v) is 3.53. The Balaban J connectivity index is 1.86. The molecule has 0 radical (unpaired) electrons. The van der Waals surface area contributed by atoms with E-state index in [0.717, 1.165) is 15.7 Å². The van der Waals surface area contributed by atoms with Gasteiger partial charge in [-0.2, -0.15) is 0 Å². The SMILES string of the molecule is CC(C)Oc1ccc2ccccc2c1/C=C1\C(=O)NC(=O)N(c2ccc(Cl)cc2)C1=O. The van der Waals surface area contributed by atoms with Crippen molar-refractivity contribution in [2.45, 2.75) is 20.0 Å². The number of carbonyl (C=O) groups is 3. The van der Waals surface area contributed by atoms with Crippen molar-refractivity contribution in [1.82, 2.24) is 5.32 Å². The van der Waals surface area contributed by atoms with Crippen LogP contribution in [0.4, 0.5) is 10.5 Å². The molecule has 156 valence electrons. The van der Waals surface area contributed by atoms with Gasteiger partial charge in [0.2, 0.25) is 0 Å². The summed E-state index contributed by atoms with van der Waals surface area (Å²) in [5, 5.41) is 4.45. The van der Waals surface area contributed by atoms with Gasteiger partial charge in [0.25, 0.3) is 11.8 Å². The van der Waals surface area contributed by atoms with E-state index in [1.54, 1.807) is 24.3 Å². The highest BCUT2D eigenvalue weighted by atomic mass is 35.5. The van der Waals surface area contributed by atoms with Crippen LogP contribution in [0.25, 0.3) is 16.8 Å². The first-order valence-corrected chi connectivity index (χ1v) is 10.1. The predicted molar refractivity (Wildman–Crippen MR) is 120 cm³/mol. The second-order valence-electron chi connectivity index (χ2n) is 7.30. The molecule has 31 heavy (non-hydrogen) atoms. The van der Waals surface area contributed by atoms with Crippen LogP contribution in [0.5, 0.6) is 5.75 Å². The van der Waals surface area contributed by atoms with Gasteiger partial charge in [-0.15, -0.1) is 0 Å². The molecular formula is C24H19ClN2O4. The van der Waals surface area contributed by atoms with Crippen LogP contribution in [0.1, 0.15) is 19.4 Å². The second kappa shape index (κ2) is 8.24. The molecule has 0 atom stereocenters. The molecule has 7 heteroatoms. The minimum atomic E-state index is -0.814. The predicted octanol–water partition coefficient (Wildman–Crippen LogP) is 4.95. The largest absolute Gasteiger partial charge is 0.490 e. The molecule has 3 aromatic rings. The van der Waals surface area contributed by atoms with Gasteiger partial charge < -0.3 is 4.74 Å². The summed E-state index contributed by atoms with van der Waals surface area (Å²) in [7, 11) is 0. The standard InChI is InChI=1S/C24H19ClN2O4/c1-14(2)31-21-12-7-15-5-3-4-6-18(15)19(21)13-20-22(28)26-24(30)27(23(20)29)17-10-8-16(25)9-11-17/h3-14H,1-2H3,(H,26,28,30)/b20-13+. The number of rotatable bonds is 4. The molecule has 0 saturated carbocycles. The molecular weight excluding hydrogens is 416 g/mol. The van der Waals surface area contributed by atoms with Gasteiger partial charge in [0.15, 0.2) is 0 Å². The van der Waals surface area contributed by atoms with Gasteiger partial charge >= 0.3 is 6.03 Å². The molecule has 3 aromatic carbocycles. The summed E-state index contributed by atoms with van der Waals surface area (Å²) in [5.74, 6) is -0.945. The molecule has 0 bridgehead atoms. The normalized spacial score (nSPS) is 15.7. The molecule has 0 spiro atoms. The Labute approximate surface area is 184 Å². The number of anilines is 1. The van der Waals surface area contributed by atoms with E-state index in [2.05, 4.69) is 5.32 Å². The van der Waals surface area contributed by atoms with Crippen LogP contribution in [0.15, 0.2) is 66.2 Å². The van der Waals surface area contributed by atoms with Gasteiger partial charge in [0.1, 0.15) is 11.3 Å². The number of ether oxygens (including phenoxy) is 1. The quantitative estimate of drug-likeness (QED) is 0.465. The number of benzene rings is 3. The Kier molecular flexibility index (Phi) is 5.48. The smallest absolute Gasteiger partial charge is 0.335 e. The summed E-state index contributed by atoms with van der Waals surface area (Å²) < 4.78 is 5.93. The van der Waals surface area contributed by atoms with Crippen LogP contribution in [0.2, 0.25) is 5.02 Å². The van der Waals surface area contributed by atoms with Crippen LogP contribution >= 0.6 is 11.6 Å². The van der Waals surface area contributed by atoms with Crippen LogP contribution in [0.3, 0.4) is 0 Å². The topological polar surface area (TPSA) is 75.7 Å². The average molecular weight is 435 g/mol. The maximum Gasteiger partial charge on any atom is 0.335 e. The lowest BCUT2D eigenvalue weighted by Crippen LogP contribution is -2.54. The number of fused-ring (bicyclic) bond motifs is 1. The molecule has 4 amide bonds. The van der Waals surface area contributed by atoms with Gasteiger partial charge in [-0.05, 0) is 61.0 Å². The molecule has 1 aliphatic heterocycles. The number of imide groups is 2. The third-order valence-electron chi connectivity index (χ3n) is 4.77. The number of nitrogens with zero attached hydrogens (tertiary/aromatic N) is 1. The number of hydrogen-bond acceptors (Lipinski definition) is 4. The van der Waals surface area contributed by atoms with Gasteiger partial charge in [-0.25, -0.2) is 9.69 Å². The summed E-state index contributed by atoms with van der Waals surface area (Å²) in [6.07, 6.45) is 1.37. The highest BCUT2D eigenvalue weighted by molar-refractivity contribution is 6.39. The van der Waals surface area contributed by atoms with Crippen LogP contribution in [-0.4, -0.2) is 23.9 Å². The van der Waals surface area contributed by atoms with Gasteiger partial charge in [0.05, 0.1) is 11.8 Å². The van der Waals surface area contributed by atoms with E-state index >= 15 is 0 Å². The maximum absolute atomic E-state index is 13.2. The Hall–Kier alpha value is -3.64. The van der Waals surface area contributed by atoms with Crippen molar-refractivity contribution in [2.24, 2.45) is 0 Å². The first-order chi connectivity index (χ1) is 14.8. The Morgan fingerprint density at radius 2 is 1.68 bits per heavy atom. The summed E-state index contributed by atoms with van der Waals surface area (Å²) in [6, 6.07) is 16.7. The fourth-order valence-electron chi connectivity index (χ4n) is 3.41. The number of carbonyl (C=O) groups excluding carboxylic acids is 3. The Bertz CT molecular complexity index is 1230. The second-order valence-corrected chi connectivity index (χ2v) is 7.74. The number of barbiturate groups is 1. The van der Waals surface area contributed by atoms with Crippen LogP contribution in [-0.2, 0) is 9.59 Å². The van der Waals surface area contributed by atoms with Crippen LogP contribution in [0, 0.1) is 0 Å². The fraction of sp³-hybridized carbons (Fsp3) is 0.125. The zero-order valence-corrected chi connectivity index (χ0v) is 17.6. The monoisotopic (exact) mass is 434 g/mol.